The number of aromatic nitrogens is 1. The number of H-pyrrole nitrogens is 1. The zero-order chi connectivity index (χ0) is 23.2. The van der Waals surface area contributed by atoms with E-state index in [4.69, 9.17) is 0 Å². The molecule has 1 saturated carbocycles. The zero-order valence-electron chi connectivity index (χ0n) is 19.6. The van der Waals surface area contributed by atoms with E-state index < -0.39 is 0 Å². The largest absolute Gasteiger partial charge is 0.361 e. The molecule has 2 amide bonds. The van der Waals surface area contributed by atoms with E-state index in [1.807, 2.05) is 30.5 Å². The minimum Gasteiger partial charge on any atom is -0.361 e. The molecule has 0 atom stereocenters. The van der Waals surface area contributed by atoms with Gasteiger partial charge in [-0.15, -0.1) is 0 Å². The molecule has 1 heterocycles. The van der Waals surface area contributed by atoms with Crippen molar-refractivity contribution in [2.45, 2.75) is 51.5 Å². The summed E-state index contributed by atoms with van der Waals surface area (Å²) < 4.78 is 0. The SMILES string of the molecule is CC(=O)Nc1ccc(-c2ccc3c(CC(=O)NCCN(C)C4CCCCC4)c[nH]c3c2)cc1. The number of fused-ring (bicyclic) bond motifs is 1. The van der Waals surface area contributed by atoms with Gasteiger partial charge in [0.25, 0.3) is 0 Å². The Balaban J connectivity index is 1.33. The fourth-order valence-corrected chi connectivity index (χ4v) is 4.77. The highest BCUT2D eigenvalue weighted by atomic mass is 16.2. The highest BCUT2D eigenvalue weighted by molar-refractivity contribution is 5.92. The normalized spacial score (nSPS) is 14.5. The Labute approximate surface area is 195 Å². The minimum atomic E-state index is -0.0802. The van der Waals surface area contributed by atoms with Crippen LogP contribution in [-0.2, 0) is 16.0 Å². The number of nitrogens with zero attached hydrogens (tertiary/aromatic N) is 1. The summed E-state index contributed by atoms with van der Waals surface area (Å²) in [5.74, 6) is -0.0195. The minimum absolute atomic E-state index is 0.0607. The van der Waals surface area contributed by atoms with Gasteiger partial charge in [-0.3, -0.25) is 9.59 Å². The molecule has 6 nitrogen and oxygen atoms in total. The van der Waals surface area contributed by atoms with Gasteiger partial charge < -0.3 is 20.5 Å². The van der Waals surface area contributed by atoms with Crippen molar-refractivity contribution in [3.8, 4) is 11.1 Å². The Bertz CT molecular complexity index is 1100. The Kier molecular flexibility index (Phi) is 7.45. The second-order valence-electron chi connectivity index (χ2n) is 9.13. The molecule has 0 aliphatic heterocycles. The number of hydrogen-bond donors (Lipinski definition) is 3. The molecule has 1 aliphatic rings. The van der Waals surface area contributed by atoms with Crippen LogP contribution in [0.3, 0.4) is 0 Å². The molecule has 174 valence electrons. The van der Waals surface area contributed by atoms with Gasteiger partial charge in [0.2, 0.25) is 11.8 Å². The molecule has 0 unspecified atom stereocenters. The van der Waals surface area contributed by atoms with Crippen LogP contribution in [0, 0.1) is 0 Å². The van der Waals surface area contributed by atoms with Crippen molar-refractivity contribution in [1.82, 2.24) is 15.2 Å². The number of carbonyl (C=O) groups is 2. The van der Waals surface area contributed by atoms with E-state index in [2.05, 4.69) is 45.8 Å². The predicted molar refractivity (Wildman–Crippen MR) is 134 cm³/mol. The van der Waals surface area contributed by atoms with E-state index in [0.717, 1.165) is 39.8 Å². The summed E-state index contributed by atoms with van der Waals surface area (Å²) >= 11 is 0. The number of likely N-dealkylation sites (N-methyl/N-ethyl adjacent to an activating group) is 1. The molecule has 0 radical (unpaired) electrons. The summed E-state index contributed by atoms with van der Waals surface area (Å²) in [6, 6.07) is 14.7. The first kappa shape index (κ1) is 23.1. The first-order valence-corrected chi connectivity index (χ1v) is 11.9. The average molecular weight is 447 g/mol. The van der Waals surface area contributed by atoms with Crippen molar-refractivity contribution in [2.24, 2.45) is 0 Å². The van der Waals surface area contributed by atoms with Gasteiger partial charge in [0, 0.05) is 48.8 Å². The van der Waals surface area contributed by atoms with Crippen molar-refractivity contribution < 1.29 is 9.59 Å². The molecular weight excluding hydrogens is 412 g/mol. The Morgan fingerprint density at radius 3 is 2.48 bits per heavy atom. The Morgan fingerprint density at radius 2 is 1.76 bits per heavy atom. The van der Waals surface area contributed by atoms with Crippen LogP contribution < -0.4 is 10.6 Å². The topological polar surface area (TPSA) is 77.2 Å². The number of carbonyl (C=O) groups excluding carboxylic acids is 2. The van der Waals surface area contributed by atoms with E-state index in [1.165, 1.54) is 39.0 Å². The second-order valence-corrected chi connectivity index (χ2v) is 9.13. The van der Waals surface area contributed by atoms with Gasteiger partial charge in [-0.05, 0) is 54.8 Å². The van der Waals surface area contributed by atoms with Crippen LogP contribution in [0.25, 0.3) is 22.0 Å². The Hall–Kier alpha value is -3.12. The van der Waals surface area contributed by atoms with Crippen LogP contribution in [0.2, 0.25) is 0 Å². The molecule has 2 aromatic carbocycles. The summed E-state index contributed by atoms with van der Waals surface area (Å²) in [7, 11) is 2.17. The van der Waals surface area contributed by atoms with Gasteiger partial charge in [0.05, 0.1) is 6.42 Å². The second kappa shape index (κ2) is 10.7. The van der Waals surface area contributed by atoms with Crippen molar-refractivity contribution >= 4 is 28.4 Å². The van der Waals surface area contributed by atoms with E-state index in [-0.39, 0.29) is 11.8 Å². The lowest BCUT2D eigenvalue weighted by molar-refractivity contribution is -0.120. The van der Waals surface area contributed by atoms with Gasteiger partial charge >= 0.3 is 0 Å². The molecule has 3 aromatic rings. The third kappa shape index (κ3) is 6.02. The molecule has 3 N–H and O–H groups in total. The molecule has 1 aromatic heterocycles. The molecule has 33 heavy (non-hydrogen) atoms. The van der Waals surface area contributed by atoms with Crippen LogP contribution in [0.1, 0.15) is 44.6 Å². The number of aromatic amines is 1. The number of benzene rings is 2. The lowest BCUT2D eigenvalue weighted by atomic mass is 9.94. The maximum Gasteiger partial charge on any atom is 0.224 e. The smallest absolute Gasteiger partial charge is 0.224 e. The van der Waals surface area contributed by atoms with Crippen LogP contribution in [0.4, 0.5) is 5.69 Å². The number of rotatable bonds is 8. The summed E-state index contributed by atoms with van der Waals surface area (Å²) in [5.41, 5.74) is 4.96. The van der Waals surface area contributed by atoms with Crippen LogP contribution in [-0.4, -0.2) is 47.9 Å². The Morgan fingerprint density at radius 1 is 1.03 bits per heavy atom. The number of hydrogen-bond acceptors (Lipinski definition) is 3. The standard InChI is InChI=1S/C27H34N4O2/c1-19(32)30-23-11-8-20(9-12-23)21-10-13-25-22(18-29-26(25)16-21)17-27(33)28-14-15-31(2)24-6-4-3-5-7-24/h8-13,16,18,24,29H,3-7,14-15,17H2,1-2H3,(H,28,33)(H,30,32). The first-order valence-electron chi connectivity index (χ1n) is 11.9. The molecule has 0 saturated heterocycles. The van der Waals surface area contributed by atoms with Crippen molar-refractivity contribution in [1.29, 1.82) is 0 Å². The highest BCUT2D eigenvalue weighted by Gasteiger charge is 2.17. The number of nitrogens with one attached hydrogen (secondary N) is 3. The summed E-state index contributed by atoms with van der Waals surface area (Å²) in [5, 5.41) is 6.95. The quantitative estimate of drug-likeness (QED) is 0.469. The predicted octanol–water partition coefficient (Wildman–Crippen LogP) is 4.72. The van der Waals surface area contributed by atoms with E-state index in [1.54, 1.807) is 0 Å². The summed E-state index contributed by atoms with van der Waals surface area (Å²) in [6.45, 7) is 3.09. The van der Waals surface area contributed by atoms with Crippen LogP contribution in [0.5, 0.6) is 0 Å². The fourth-order valence-electron chi connectivity index (χ4n) is 4.77. The molecule has 0 spiro atoms. The maximum atomic E-state index is 12.5. The van der Waals surface area contributed by atoms with E-state index in [9.17, 15) is 9.59 Å². The van der Waals surface area contributed by atoms with Crippen molar-refractivity contribution in [2.75, 3.05) is 25.5 Å². The molecule has 4 rings (SSSR count). The summed E-state index contributed by atoms with van der Waals surface area (Å²) in [6.07, 6.45) is 8.87. The third-order valence-corrected chi connectivity index (χ3v) is 6.64. The van der Waals surface area contributed by atoms with Gasteiger partial charge in [0.1, 0.15) is 0 Å². The maximum absolute atomic E-state index is 12.5. The highest BCUT2D eigenvalue weighted by Crippen LogP contribution is 2.27. The molecule has 1 aliphatic carbocycles. The molecule has 1 fully saturated rings. The monoisotopic (exact) mass is 446 g/mol. The van der Waals surface area contributed by atoms with Gasteiger partial charge in [-0.1, -0.05) is 43.5 Å². The van der Waals surface area contributed by atoms with Gasteiger partial charge in [0.15, 0.2) is 0 Å². The summed E-state index contributed by atoms with van der Waals surface area (Å²) in [4.78, 5) is 29.4. The van der Waals surface area contributed by atoms with Crippen molar-refractivity contribution in [3.63, 3.8) is 0 Å². The number of amides is 2. The van der Waals surface area contributed by atoms with E-state index in [0.29, 0.717) is 19.0 Å². The van der Waals surface area contributed by atoms with Gasteiger partial charge in [-0.25, -0.2) is 0 Å². The van der Waals surface area contributed by atoms with Crippen molar-refractivity contribution in [3.05, 3.63) is 54.2 Å². The lowest BCUT2D eigenvalue weighted by Gasteiger charge is -2.31. The van der Waals surface area contributed by atoms with Crippen LogP contribution in [0.15, 0.2) is 48.7 Å². The molecular formula is C27H34N4O2. The van der Waals surface area contributed by atoms with Gasteiger partial charge in [-0.2, -0.15) is 0 Å². The van der Waals surface area contributed by atoms with Crippen LogP contribution >= 0.6 is 0 Å². The molecule has 0 bridgehead atoms. The number of anilines is 1. The average Bonchev–Trinajstić information content (AvgIpc) is 3.21. The zero-order valence-corrected chi connectivity index (χ0v) is 19.6. The fraction of sp³-hybridized carbons (Fsp3) is 0.407. The first-order chi connectivity index (χ1) is 16.0. The lowest BCUT2D eigenvalue weighted by Crippen LogP contribution is -2.39. The van der Waals surface area contributed by atoms with E-state index >= 15 is 0 Å². The molecule has 6 heteroatoms. The third-order valence-electron chi connectivity index (χ3n) is 6.64.